The van der Waals surface area contributed by atoms with Gasteiger partial charge in [-0.25, -0.2) is 4.98 Å². The third kappa shape index (κ3) is 2.25. The van der Waals surface area contributed by atoms with E-state index in [2.05, 4.69) is 20.6 Å². The van der Waals surface area contributed by atoms with Crippen molar-refractivity contribution in [2.45, 2.75) is 37.4 Å². The van der Waals surface area contributed by atoms with Crippen LogP contribution in [0.1, 0.15) is 30.3 Å². The molecule has 0 bridgehead atoms. The molecule has 3 N–H and O–H groups in total. The van der Waals surface area contributed by atoms with Gasteiger partial charge in [0.15, 0.2) is 0 Å². The van der Waals surface area contributed by atoms with Gasteiger partial charge in [0.1, 0.15) is 5.01 Å². The molecule has 0 spiro atoms. The molecule has 0 radical (unpaired) electrons. The van der Waals surface area contributed by atoms with Crippen LogP contribution in [0, 0.1) is 0 Å². The molecule has 2 atom stereocenters. The zero-order chi connectivity index (χ0) is 11.7. The number of nitrogens with zero attached hydrogens (tertiary/aromatic N) is 2. The number of likely N-dealkylation sites (tertiary alicyclic amines) is 1. The van der Waals surface area contributed by atoms with Crippen LogP contribution in [-0.2, 0) is 0 Å². The van der Waals surface area contributed by atoms with E-state index in [-0.39, 0.29) is 6.04 Å². The monoisotopic (exact) mass is 252 g/mol. The Kier molecular flexibility index (Phi) is 3.42. The van der Waals surface area contributed by atoms with E-state index in [1.165, 1.54) is 17.8 Å². The van der Waals surface area contributed by atoms with Crippen LogP contribution in [0.15, 0.2) is 11.6 Å². The Bertz CT molecular complexity index is 347. The number of hydrogen-bond donors (Lipinski definition) is 2. The highest BCUT2D eigenvalue weighted by Crippen LogP contribution is 2.35. The van der Waals surface area contributed by atoms with Crippen LogP contribution in [-0.4, -0.2) is 41.6 Å². The van der Waals surface area contributed by atoms with Gasteiger partial charge in [-0.2, -0.15) is 0 Å². The molecule has 4 nitrogen and oxygen atoms in total. The minimum Gasteiger partial charge on any atom is -0.326 e. The first-order valence-corrected chi connectivity index (χ1v) is 7.35. The Morgan fingerprint density at radius 3 is 2.88 bits per heavy atom. The Balaban J connectivity index is 1.78. The number of piperidine rings is 1. The molecule has 3 heterocycles. The second-order valence-corrected chi connectivity index (χ2v) is 5.91. The molecule has 3 rings (SSSR count). The molecule has 2 saturated heterocycles. The van der Waals surface area contributed by atoms with E-state index >= 15 is 0 Å². The summed E-state index contributed by atoms with van der Waals surface area (Å²) in [6.45, 7) is 3.41. The fourth-order valence-corrected chi connectivity index (χ4v) is 3.93. The summed E-state index contributed by atoms with van der Waals surface area (Å²) in [5.74, 6) is 0. The van der Waals surface area contributed by atoms with Gasteiger partial charge in [-0.1, -0.05) is 0 Å². The van der Waals surface area contributed by atoms with Crippen molar-refractivity contribution in [1.82, 2.24) is 15.2 Å². The zero-order valence-electron chi connectivity index (χ0n) is 10.0. The van der Waals surface area contributed by atoms with E-state index in [0.29, 0.717) is 12.1 Å². The number of nitrogens with two attached hydrogens (primary N) is 1. The van der Waals surface area contributed by atoms with Gasteiger partial charge in [0.2, 0.25) is 0 Å². The predicted octanol–water partition coefficient (Wildman–Crippen LogP) is 0.969. The van der Waals surface area contributed by atoms with Gasteiger partial charge in [-0.3, -0.25) is 4.90 Å². The molecule has 2 fully saturated rings. The van der Waals surface area contributed by atoms with Gasteiger partial charge in [-0.15, -0.1) is 11.3 Å². The van der Waals surface area contributed by atoms with Gasteiger partial charge in [0, 0.05) is 30.2 Å². The number of hydrogen-bond acceptors (Lipinski definition) is 5. The van der Waals surface area contributed by atoms with E-state index in [0.717, 1.165) is 26.1 Å². The average Bonchev–Trinajstić information content (AvgIpc) is 2.99. The molecule has 94 valence electrons. The van der Waals surface area contributed by atoms with E-state index in [4.69, 9.17) is 5.73 Å². The Morgan fingerprint density at radius 1 is 1.35 bits per heavy atom. The lowest BCUT2D eigenvalue weighted by Crippen LogP contribution is -2.44. The molecule has 5 heteroatoms. The van der Waals surface area contributed by atoms with Crippen LogP contribution in [0.3, 0.4) is 0 Å². The molecule has 0 aliphatic carbocycles. The zero-order valence-corrected chi connectivity index (χ0v) is 10.8. The highest BCUT2D eigenvalue weighted by Gasteiger charge is 2.38. The van der Waals surface area contributed by atoms with Crippen molar-refractivity contribution < 1.29 is 0 Å². The molecular formula is C12H20N4S. The van der Waals surface area contributed by atoms with E-state index in [1.807, 2.05) is 6.20 Å². The third-order valence-corrected chi connectivity index (χ3v) is 4.81. The largest absolute Gasteiger partial charge is 0.326 e. The van der Waals surface area contributed by atoms with Gasteiger partial charge in [-0.05, 0) is 32.4 Å². The predicted molar refractivity (Wildman–Crippen MR) is 70.0 cm³/mol. The highest BCUT2D eigenvalue weighted by molar-refractivity contribution is 7.09. The van der Waals surface area contributed by atoms with E-state index < -0.39 is 0 Å². The maximum absolute atomic E-state index is 6.28. The first-order valence-electron chi connectivity index (χ1n) is 6.47. The molecular weight excluding hydrogens is 232 g/mol. The van der Waals surface area contributed by atoms with E-state index in [1.54, 1.807) is 11.3 Å². The number of thiazole rings is 1. The molecule has 2 unspecified atom stereocenters. The van der Waals surface area contributed by atoms with Crippen molar-refractivity contribution in [2.75, 3.05) is 19.6 Å². The van der Waals surface area contributed by atoms with Crippen molar-refractivity contribution in [3.05, 3.63) is 16.6 Å². The molecule has 1 aromatic heterocycles. The molecule has 0 saturated carbocycles. The highest BCUT2D eigenvalue weighted by atomic mass is 32.1. The maximum Gasteiger partial charge on any atom is 0.111 e. The normalized spacial score (nSPS) is 32.1. The second kappa shape index (κ2) is 5.02. The van der Waals surface area contributed by atoms with Crippen molar-refractivity contribution in [2.24, 2.45) is 5.73 Å². The SMILES string of the molecule is NC1CCN(C2CCNCC2)C1c1nccs1. The summed E-state index contributed by atoms with van der Waals surface area (Å²) in [7, 11) is 0. The van der Waals surface area contributed by atoms with Gasteiger partial charge >= 0.3 is 0 Å². The van der Waals surface area contributed by atoms with Crippen LogP contribution in [0.5, 0.6) is 0 Å². The van der Waals surface area contributed by atoms with Crippen molar-refractivity contribution in [3.8, 4) is 0 Å². The topological polar surface area (TPSA) is 54.2 Å². The van der Waals surface area contributed by atoms with Crippen LogP contribution < -0.4 is 11.1 Å². The molecule has 17 heavy (non-hydrogen) atoms. The summed E-state index contributed by atoms with van der Waals surface area (Å²) in [5.41, 5.74) is 6.28. The summed E-state index contributed by atoms with van der Waals surface area (Å²) in [4.78, 5) is 7.08. The van der Waals surface area contributed by atoms with Crippen LogP contribution in [0.4, 0.5) is 0 Å². The number of aromatic nitrogens is 1. The van der Waals surface area contributed by atoms with Crippen molar-refractivity contribution in [1.29, 1.82) is 0 Å². The summed E-state index contributed by atoms with van der Waals surface area (Å²) >= 11 is 1.74. The average molecular weight is 252 g/mol. The second-order valence-electron chi connectivity index (χ2n) is 4.99. The smallest absolute Gasteiger partial charge is 0.111 e. The Hall–Kier alpha value is -0.490. The quantitative estimate of drug-likeness (QED) is 0.823. The van der Waals surface area contributed by atoms with Gasteiger partial charge < -0.3 is 11.1 Å². The first-order chi connectivity index (χ1) is 8.36. The Morgan fingerprint density at radius 2 is 2.18 bits per heavy atom. The lowest BCUT2D eigenvalue weighted by Gasteiger charge is -2.35. The van der Waals surface area contributed by atoms with Crippen LogP contribution >= 0.6 is 11.3 Å². The molecule has 0 amide bonds. The lowest BCUT2D eigenvalue weighted by molar-refractivity contribution is 0.143. The molecule has 2 aliphatic heterocycles. The Labute approximate surface area is 106 Å². The number of rotatable bonds is 2. The molecule has 2 aliphatic rings. The standard InChI is InChI=1S/C12H20N4S/c13-10-3-7-16(9-1-4-14-5-2-9)11(10)12-15-6-8-17-12/h6,8-11,14H,1-5,7,13H2. The fraction of sp³-hybridized carbons (Fsp3) is 0.750. The molecule has 0 aromatic carbocycles. The van der Waals surface area contributed by atoms with Crippen molar-refractivity contribution >= 4 is 11.3 Å². The first kappa shape index (κ1) is 11.6. The number of nitrogens with one attached hydrogen (secondary N) is 1. The minimum absolute atomic E-state index is 0.260. The van der Waals surface area contributed by atoms with Gasteiger partial charge in [0.25, 0.3) is 0 Å². The van der Waals surface area contributed by atoms with E-state index in [9.17, 15) is 0 Å². The fourth-order valence-electron chi connectivity index (χ4n) is 3.09. The summed E-state index contributed by atoms with van der Waals surface area (Å²) in [6.07, 6.45) is 5.49. The van der Waals surface area contributed by atoms with Crippen LogP contribution in [0.25, 0.3) is 0 Å². The van der Waals surface area contributed by atoms with Crippen molar-refractivity contribution in [3.63, 3.8) is 0 Å². The summed E-state index contributed by atoms with van der Waals surface area (Å²) in [5, 5.41) is 6.69. The minimum atomic E-state index is 0.260. The van der Waals surface area contributed by atoms with Crippen LogP contribution in [0.2, 0.25) is 0 Å². The maximum atomic E-state index is 6.28. The molecule has 1 aromatic rings. The summed E-state index contributed by atoms with van der Waals surface area (Å²) in [6, 6.07) is 1.31. The summed E-state index contributed by atoms with van der Waals surface area (Å²) < 4.78 is 0. The lowest BCUT2D eigenvalue weighted by atomic mass is 10.0. The van der Waals surface area contributed by atoms with Gasteiger partial charge in [0.05, 0.1) is 6.04 Å². The third-order valence-electron chi connectivity index (χ3n) is 3.97.